The van der Waals surface area contributed by atoms with E-state index in [-0.39, 0.29) is 6.92 Å². The van der Waals surface area contributed by atoms with Gasteiger partial charge >= 0.3 is 47.6 Å². The fourth-order valence-corrected chi connectivity index (χ4v) is 2.96. The van der Waals surface area contributed by atoms with E-state index >= 15 is 0 Å². The largest absolute Gasteiger partial charge is 0.460 e. The van der Waals surface area contributed by atoms with Crippen molar-refractivity contribution in [3.05, 3.63) is 29.8 Å². The van der Waals surface area contributed by atoms with Crippen LogP contribution in [0.25, 0.3) is 0 Å². The summed E-state index contributed by atoms with van der Waals surface area (Å²) in [5, 5.41) is 10.1. The summed E-state index contributed by atoms with van der Waals surface area (Å²) >= 11 is 0. The molecular weight excluding hydrogens is 581 g/mol. The highest BCUT2D eigenvalue weighted by atomic mass is 19.4. The van der Waals surface area contributed by atoms with Gasteiger partial charge in [-0.3, -0.25) is 0 Å². The van der Waals surface area contributed by atoms with E-state index in [0.29, 0.717) is 5.69 Å². The SMILES string of the molecule is CN(C)c1ccc(C(C)(O)CC(F)(F)C(F)(F)C(F)(F)C(F)(F)C(F)(F)C(F)(F)C(F)(F)C(F)(F)F)cc1. The lowest BCUT2D eigenvalue weighted by Gasteiger charge is -2.43. The third kappa shape index (κ3) is 4.82. The van der Waals surface area contributed by atoms with Gasteiger partial charge in [0.05, 0.1) is 12.0 Å². The summed E-state index contributed by atoms with van der Waals surface area (Å²) in [6.45, 7) is 0.255. The van der Waals surface area contributed by atoms with E-state index in [1.807, 2.05) is 0 Å². The predicted octanol–water partition coefficient (Wildman–Crippen LogP) is 7.36. The zero-order valence-electron chi connectivity index (χ0n) is 18.8. The molecular formula is C19H16F17NO. The molecule has 1 aromatic carbocycles. The van der Waals surface area contributed by atoms with Gasteiger partial charge in [-0.05, 0) is 24.6 Å². The molecule has 19 heteroatoms. The smallest absolute Gasteiger partial charge is 0.385 e. The molecule has 0 aliphatic rings. The van der Waals surface area contributed by atoms with Crippen LogP contribution in [0.4, 0.5) is 80.3 Å². The van der Waals surface area contributed by atoms with Crippen LogP contribution < -0.4 is 4.90 Å². The van der Waals surface area contributed by atoms with E-state index in [1.54, 1.807) is 0 Å². The summed E-state index contributed by atoms with van der Waals surface area (Å²) in [7, 11) is 2.90. The van der Waals surface area contributed by atoms with Crippen LogP contribution in [0.2, 0.25) is 0 Å². The molecule has 0 bridgehead atoms. The molecule has 0 aliphatic carbocycles. The molecule has 222 valence electrons. The lowest BCUT2D eigenvalue weighted by molar-refractivity contribution is -0.462. The first kappa shape index (κ1) is 33.8. The lowest BCUT2D eigenvalue weighted by atomic mass is 9.83. The van der Waals surface area contributed by atoms with Crippen molar-refractivity contribution in [3.63, 3.8) is 0 Å². The average molecular weight is 597 g/mol. The quantitative estimate of drug-likeness (QED) is 0.285. The number of aliphatic hydroxyl groups is 1. The Kier molecular flexibility index (Phi) is 8.17. The third-order valence-corrected chi connectivity index (χ3v) is 5.36. The van der Waals surface area contributed by atoms with Gasteiger partial charge in [0.1, 0.15) is 0 Å². The van der Waals surface area contributed by atoms with Crippen LogP contribution in [0.5, 0.6) is 0 Å². The maximum atomic E-state index is 14.2. The molecule has 0 heterocycles. The number of nitrogens with zero attached hydrogens (tertiary/aromatic N) is 1. The normalized spacial score (nSPS) is 16.9. The van der Waals surface area contributed by atoms with Crippen LogP contribution >= 0.6 is 0 Å². The number of anilines is 1. The molecule has 1 aromatic rings. The number of hydrogen-bond donors (Lipinski definition) is 1. The summed E-state index contributed by atoms with van der Waals surface area (Å²) in [5.41, 5.74) is -3.79. The van der Waals surface area contributed by atoms with Crippen molar-refractivity contribution >= 4 is 5.69 Å². The lowest BCUT2D eigenvalue weighted by Crippen LogP contribution is -2.74. The topological polar surface area (TPSA) is 23.5 Å². The molecule has 0 spiro atoms. The second kappa shape index (κ2) is 9.18. The Bertz CT molecular complexity index is 980. The van der Waals surface area contributed by atoms with Gasteiger partial charge in [-0.1, -0.05) is 12.1 Å². The van der Waals surface area contributed by atoms with Gasteiger partial charge in [0.2, 0.25) is 0 Å². The van der Waals surface area contributed by atoms with Crippen LogP contribution in [-0.2, 0) is 5.60 Å². The van der Waals surface area contributed by atoms with Crippen molar-refractivity contribution in [2.45, 2.75) is 66.6 Å². The molecule has 0 radical (unpaired) electrons. The van der Waals surface area contributed by atoms with Crippen LogP contribution in [0.1, 0.15) is 18.9 Å². The molecule has 0 aliphatic heterocycles. The summed E-state index contributed by atoms with van der Waals surface area (Å²) in [5.74, 6) is -57.0. The second-order valence-corrected chi connectivity index (χ2v) is 8.54. The number of rotatable bonds is 10. The van der Waals surface area contributed by atoms with Gasteiger partial charge in [-0.2, -0.15) is 74.6 Å². The molecule has 0 saturated carbocycles. The minimum absolute atomic E-state index is 0.255. The minimum Gasteiger partial charge on any atom is -0.385 e. The van der Waals surface area contributed by atoms with Crippen LogP contribution in [-0.4, -0.2) is 66.8 Å². The van der Waals surface area contributed by atoms with Gasteiger partial charge in [0.25, 0.3) is 0 Å². The standard InChI is InChI=1S/C19H16F17NO/c1-11(38,9-4-6-10(7-5-9)37(2)3)8-12(20,21)13(22,23)14(24,25)15(26,27)16(28,29)17(30,31)18(32,33)19(34,35)36/h4-7,38H,8H2,1-3H3. The number of halogens is 17. The molecule has 1 N–H and O–H groups in total. The van der Waals surface area contributed by atoms with Crippen molar-refractivity contribution in [1.29, 1.82) is 0 Å². The van der Waals surface area contributed by atoms with E-state index in [1.165, 1.54) is 19.0 Å². The number of hydrogen-bond acceptors (Lipinski definition) is 2. The van der Waals surface area contributed by atoms with Gasteiger partial charge in [0, 0.05) is 19.8 Å². The first-order valence-electron chi connectivity index (χ1n) is 9.58. The fraction of sp³-hybridized carbons (Fsp3) is 0.684. The van der Waals surface area contributed by atoms with E-state index in [9.17, 15) is 79.7 Å². The van der Waals surface area contributed by atoms with Crippen molar-refractivity contribution in [3.8, 4) is 0 Å². The van der Waals surface area contributed by atoms with Crippen molar-refractivity contribution in [1.82, 2.24) is 0 Å². The Morgan fingerprint density at radius 1 is 0.553 bits per heavy atom. The molecule has 0 amide bonds. The van der Waals surface area contributed by atoms with Crippen LogP contribution in [0.15, 0.2) is 24.3 Å². The average Bonchev–Trinajstić information content (AvgIpc) is 2.71. The molecule has 0 saturated heterocycles. The second-order valence-electron chi connectivity index (χ2n) is 8.54. The highest BCUT2D eigenvalue weighted by Crippen LogP contribution is 2.64. The summed E-state index contributed by atoms with van der Waals surface area (Å²) in [6, 6.07) is 3.66. The Balaban J connectivity index is 3.58. The number of benzene rings is 1. The number of alkyl halides is 17. The minimum atomic E-state index is -8.69. The first-order valence-corrected chi connectivity index (χ1v) is 9.58. The van der Waals surface area contributed by atoms with E-state index in [0.717, 1.165) is 24.3 Å². The highest BCUT2D eigenvalue weighted by Gasteiger charge is 2.95. The predicted molar refractivity (Wildman–Crippen MR) is 95.6 cm³/mol. The van der Waals surface area contributed by atoms with Crippen molar-refractivity contribution in [2.75, 3.05) is 19.0 Å². The third-order valence-electron chi connectivity index (χ3n) is 5.36. The van der Waals surface area contributed by atoms with Crippen LogP contribution in [0, 0.1) is 0 Å². The van der Waals surface area contributed by atoms with Gasteiger partial charge < -0.3 is 10.0 Å². The molecule has 2 nitrogen and oxygen atoms in total. The van der Waals surface area contributed by atoms with Crippen molar-refractivity contribution < 1.29 is 79.7 Å². The Hall–Kier alpha value is -2.21. The summed E-state index contributed by atoms with van der Waals surface area (Å²) in [6.07, 6.45) is -10.8. The van der Waals surface area contributed by atoms with Gasteiger partial charge in [-0.15, -0.1) is 0 Å². The van der Waals surface area contributed by atoms with Crippen LogP contribution in [0.3, 0.4) is 0 Å². The zero-order chi connectivity index (χ0) is 30.8. The molecule has 1 atom stereocenters. The Morgan fingerprint density at radius 2 is 0.868 bits per heavy atom. The van der Waals surface area contributed by atoms with Gasteiger partial charge in [0.15, 0.2) is 0 Å². The summed E-state index contributed by atoms with van der Waals surface area (Å²) in [4.78, 5) is 1.39. The molecule has 1 unspecified atom stereocenters. The maximum absolute atomic E-state index is 14.2. The summed E-state index contributed by atoms with van der Waals surface area (Å²) < 4.78 is 227. The first-order chi connectivity index (χ1) is 16.4. The zero-order valence-corrected chi connectivity index (χ0v) is 18.8. The van der Waals surface area contributed by atoms with E-state index < -0.39 is 65.2 Å². The molecule has 0 aromatic heterocycles. The molecule has 38 heavy (non-hydrogen) atoms. The Labute approximate surface area is 202 Å². The highest BCUT2D eigenvalue weighted by molar-refractivity contribution is 5.47. The monoisotopic (exact) mass is 597 g/mol. The molecule has 0 fully saturated rings. The fourth-order valence-electron chi connectivity index (χ4n) is 2.96. The van der Waals surface area contributed by atoms with Crippen molar-refractivity contribution in [2.24, 2.45) is 0 Å². The van der Waals surface area contributed by atoms with E-state index in [4.69, 9.17) is 0 Å². The Morgan fingerprint density at radius 3 is 1.18 bits per heavy atom. The maximum Gasteiger partial charge on any atom is 0.460 e. The van der Waals surface area contributed by atoms with E-state index in [2.05, 4.69) is 0 Å². The molecule has 1 rings (SSSR count). The van der Waals surface area contributed by atoms with Gasteiger partial charge in [-0.25, -0.2) is 0 Å².